The minimum absolute atomic E-state index is 0. The van der Waals surface area contributed by atoms with E-state index >= 15 is 0 Å². The average molecular weight is 282 g/mol. The molecule has 0 unspecified atom stereocenters. The maximum atomic E-state index is 12.0. The number of halogens is 4. The second-order valence-electron chi connectivity index (χ2n) is 4.41. The van der Waals surface area contributed by atoms with Crippen LogP contribution in [0.25, 0.3) is 0 Å². The largest absolute Gasteiger partial charge is 0.573 e. The van der Waals surface area contributed by atoms with Gasteiger partial charge in [-0.2, -0.15) is 0 Å². The highest BCUT2D eigenvalue weighted by atomic mass is 35.5. The monoisotopic (exact) mass is 281 g/mol. The molecule has 0 heterocycles. The number of hydrogen-bond acceptors (Lipinski definition) is 2. The first-order chi connectivity index (χ1) is 7.94. The number of rotatable bonds is 4. The molecule has 2 rings (SSSR count). The molecule has 102 valence electrons. The van der Waals surface area contributed by atoms with Gasteiger partial charge in [-0.1, -0.05) is 25.0 Å². The van der Waals surface area contributed by atoms with Crippen molar-refractivity contribution in [3.05, 3.63) is 29.8 Å². The number of nitrogens with two attached hydrogens (primary N) is 1. The number of benzene rings is 1. The molecule has 0 aromatic heterocycles. The van der Waals surface area contributed by atoms with Crippen LogP contribution >= 0.6 is 12.4 Å². The van der Waals surface area contributed by atoms with Crippen molar-refractivity contribution in [1.29, 1.82) is 0 Å². The Bertz CT molecular complexity index is 393. The van der Waals surface area contributed by atoms with Gasteiger partial charge in [0.25, 0.3) is 0 Å². The highest BCUT2D eigenvalue weighted by Crippen LogP contribution is 2.37. The normalized spacial score (nSPS) is 16.9. The van der Waals surface area contributed by atoms with E-state index < -0.39 is 6.36 Å². The highest BCUT2D eigenvalue weighted by molar-refractivity contribution is 5.85. The zero-order valence-corrected chi connectivity index (χ0v) is 10.4. The van der Waals surface area contributed by atoms with Crippen LogP contribution in [-0.4, -0.2) is 6.36 Å². The molecule has 1 aromatic rings. The third-order valence-electron chi connectivity index (χ3n) is 2.80. The van der Waals surface area contributed by atoms with E-state index in [4.69, 9.17) is 5.73 Å². The van der Waals surface area contributed by atoms with E-state index in [-0.39, 0.29) is 24.2 Å². The average Bonchev–Trinajstić information content (AvgIpc) is 2.99. The molecular weight excluding hydrogens is 267 g/mol. The molecule has 1 aromatic carbocycles. The van der Waals surface area contributed by atoms with E-state index in [9.17, 15) is 13.2 Å². The summed E-state index contributed by atoms with van der Waals surface area (Å²) in [5.41, 5.74) is 6.62. The summed E-state index contributed by atoms with van der Waals surface area (Å²) in [6, 6.07) is 5.69. The molecule has 18 heavy (non-hydrogen) atoms. The molecule has 1 fully saturated rings. The molecule has 1 atom stereocenters. The maximum Gasteiger partial charge on any atom is 0.573 e. The van der Waals surface area contributed by atoms with Crippen LogP contribution in [0.4, 0.5) is 13.2 Å². The number of ether oxygens (including phenoxy) is 1. The van der Waals surface area contributed by atoms with Crippen molar-refractivity contribution in [2.24, 2.45) is 11.7 Å². The van der Waals surface area contributed by atoms with Crippen molar-refractivity contribution in [2.75, 3.05) is 0 Å². The van der Waals surface area contributed by atoms with E-state index in [1.54, 1.807) is 6.07 Å². The molecule has 6 heteroatoms. The van der Waals surface area contributed by atoms with Gasteiger partial charge in [-0.3, -0.25) is 0 Å². The van der Waals surface area contributed by atoms with E-state index in [1.807, 2.05) is 0 Å². The van der Waals surface area contributed by atoms with E-state index in [0.717, 1.165) is 6.42 Å². The Labute approximate surface area is 110 Å². The van der Waals surface area contributed by atoms with Crippen LogP contribution in [0, 0.1) is 5.92 Å². The van der Waals surface area contributed by atoms with Gasteiger partial charge in [0, 0.05) is 6.04 Å². The topological polar surface area (TPSA) is 35.2 Å². The van der Waals surface area contributed by atoms with E-state index in [2.05, 4.69) is 4.74 Å². The fourth-order valence-electron chi connectivity index (χ4n) is 1.79. The summed E-state index contributed by atoms with van der Waals surface area (Å²) < 4.78 is 40.0. The molecule has 0 saturated heterocycles. The lowest BCUT2D eigenvalue weighted by molar-refractivity contribution is -0.274. The Hall–Kier alpha value is -0.940. The van der Waals surface area contributed by atoms with Gasteiger partial charge >= 0.3 is 6.36 Å². The van der Waals surface area contributed by atoms with Crippen molar-refractivity contribution in [3.63, 3.8) is 0 Å². The summed E-state index contributed by atoms with van der Waals surface area (Å²) >= 11 is 0. The maximum absolute atomic E-state index is 12.0. The smallest absolute Gasteiger partial charge is 0.406 e. The lowest BCUT2D eigenvalue weighted by atomic mass is 10.0. The summed E-state index contributed by atoms with van der Waals surface area (Å²) in [7, 11) is 0. The number of alkyl halides is 3. The quantitative estimate of drug-likeness (QED) is 0.911. The van der Waals surface area contributed by atoms with Crippen molar-refractivity contribution in [3.8, 4) is 5.75 Å². The summed E-state index contributed by atoms with van der Waals surface area (Å²) in [5.74, 6) is 0.429. The molecule has 0 amide bonds. The Kier molecular flexibility index (Phi) is 4.87. The molecule has 0 radical (unpaired) electrons. The number of hydrogen-bond donors (Lipinski definition) is 1. The van der Waals surface area contributed by atoms with Gasteiger partial charge < -0.3 is 10.5 Å². The van der Waals surface area contributed by atoms with Crippen LogP contribution in [0.2, 0.25) is 0 Å². The SMILES string of the molecule is Cl.N[C@@H](CC1CC1)c1cccc(OC(F)(F)F)c1. The molecule has 0 bridgehead atoms. The van der Waals surface area contributed by atoms with Gasteiger partial charge in [-0.25, -0.2) is 0 Å². The minimum Gasteiger partial charge on any atom is -0.406 e. The van der Waals surface area contributed by atoms with Crippen molar-refractivity contribution in [2.45, 2.75) is 31.7 Å². The highest BCUT2D eigenvalue weighted by Gasteiger charge is 2.31. The van der Waals surface area contributed by atoms with Crippen molar-refractivity contribution in [1.82, 2.24) is 0 Å². The lowest BCUT2D eigenvalue weighted by Gasteiger charge is -2.14. The predicted octanol–water partition coefficient (Wildman–Crippen LogP) is 3.81. The van der Waals surface area contributed by atoms with Gasteiger partial charge in [-0.05, 0) is 30.0 Å². The van der Waals surface area contributed by atoms with Crippen LogP contribution in [0.1, 0.15) is 30.9 Å². The first kappa shape index (κ1) is 15.1. The summed E-state index contributed by atoms with van der Waals surface area (Å²) in [5, 5.41) is 0. The third-order valence-corrected chi connectivity index (χ3v) is 2.80. The Balaban J connectivity index is 0.00000162. The van der Waals surface area contributed by atoms with Gasteiger partial charge in [0.05, 0.1) is 0 Å². The molecule has 1 aliphatic carbocycles. The standard InChI is InChI=1S/C12H14F3NO.ClH/c13-12(14,15)17-10-3-1-2-9(7-10)11(16)6-8-4-5-8;/h1-3,7-8,11H,4-6,16H2;1H/t11-;/m0./s1. The summed E-state index contributed by atoms with van der Waals surface area (Å²) in [6.45, 7) is 0. The molecule has 2 nitrogen and oxygen atoms in total. The molecule has 2 N–H and O–H groups in total. The molecule has 1 saturated carbocycles. The van der Waals surface area contributed by atoms with Crippen LogP contribution < -0.4 is 10.5 Å². The van der Waals surface area contributed by atoms with Gasteiger partial charge in [0.15, 0.2) is 0 Å². The second kappa shape index (κ2) is 5.80. The van der Waals surface area contributed by atoms with Crippen molar-refractivity contribution >= 4 is 12.4 Å². The van der Waals surface area contributed by atoms with Gasteiger partial charge in [0.2, 0.25) is 0 Å². The van der Waals surface area contributed by atoms with Gasteiger partial charge in [-0.15, -0.1) is 25.6 Å². The molecule has 0 spiro atoms. The predicted molar refractivity (Wildman–Crippen MR) is 64.6 cm³/mol. The zero-order valence-electron chi connectivity index (χ0n) is 9.61. The van der Waals surface area contributed by atoms with Crippen molar-refractivity contribution < 1.29 is 17.9 Å². The first-order valence-corrected chi connectivity index (χ1v) is 5.55. The lowest BCUT2D eigenvalue weighted by Crippen LogP contribution is -2.18. The van der Waals surface area contributed by atoms with E-state index in [1.165, 1.54) is 31.0 Å². The Morgan fingerprint density at radius 1 is 1.33 bits per heavy atom. The third kappa shape index (κ3) is 4.74. The van der Waals surface area contributed by atoms with Crippen LogP contribution in [0.15, 0.2) is 24.3 Å². The fraction of sp³-hybridized carbons (Fsp3) is 0.500. The Morgan fingerprint density at radius 2 is 2.00 bits per heavy atom. The van der Waals surface area contributed by atoms with E-state index in [0.29, 0.717) is 11.5 Å². The fourth-order valence-corrected chi connectivity index (χ4v) is 1.79. The first-order valence-electron chi connectivity index (χ1n) is 5.55. The summed E-state index contributed by atoms with van der Waals surface area (Å²) in [4.78, 5) is 0. The molecule has 0 aliphatic heterocycles. The van der Waals surface area contributed by atoms with Crippen LogP contribution in [0.5, 0.6) is 5.75 Å². The molecule has 1 aliphatic rings. The van der Waals surface area contributed by atoms with Gasteiger partial charge in [0.1, 0.15) is 5.75 Å². The zero-order chi connectivity index (χ0) is 12.5. The summed E-state index contributed by atoms with van der Waals surface area (Å²) in [6.07, 6.45) is -1.48. The Morgan fingerprint density at radius 3 is 2.56 bits per heavy atom. The van der Waals surface area contributed by atoms with Crippen LogP contribution in [-0.2, 0) is 0 Å². The second-order valence-corrected chi connectivity index (χ2v) is 4.41. The minimum atomic E-state index is -4.65. The molecular formula is C12H15ClF3NO. The van der Waals surface area contributed by atoms with Crippen LogP contribution in [0.3, 0.4) is 0 Å².